The third-order valence-electron chi connectivity index (χ3n) is 4.93. The van der Waals surface area contributed by atoms with Crippen LogP contribution in [0.15, 0.2) is 24.3 Å². The van der Waals surface area contributed by atoms with E-state index in [-0.39, 0.29) is 18.3 Å². The predicted octanol–water partition coefficient (Wildman–Crippen LogP) is 2.74. The molecule has 1 heterocycles. The van der Waals surface area contributed by atoms with Crippen molar-refractivity contribution in [3.05, 3.63) is 35.4 Å². The second-order valence-corrected chi connectivity index (χ2v) is 6.65. The maximum atomic E-state index is 12.2. The molecule has 1 amide bonds. The van der Waals surface area contributed by atoms with Gasteiger partial charge in [0.1, 0.15) is 6.04 Å². The molecule has 2 aliphatic rings. The Labute approximate surface area is 141 Å². The molecule has 1 aliphatic carbocycles. The van der Waals surface area contributed by atoms with Crippen molar-refractivity contribution in [2.45, 2.75) is 56.9 Å². The van der Waals surface area contributed by atoms with Crippen LogP contribution >= 0.6 is 0 Å². The van der Waals surface area contributed by atoms with Crippen LogP contribution in [0.3, 0.4) is 0 Å². The summed E-state index contributed by atoms with van der Waals surface area (Å²) in [4.78, 5) is 35.0. The first-order chi connectivity index (χ1) is 11.6. The first-order valence-corrected chi connectivity index (χ1v) is 8.72. The minimum atomic E-state index is -0.612. The summed E-state index contributed by atoms with van der Waals surface area (Å²) >= 11 is 0. The molecule has 0 aromatic heterocycles. The topological polar surface area (TPSA) is 72.5 Å². The van der Waals surface area contributed by atoms with Gasteiger partial charge in [-0.15, -0.1) is 0 Å². The lowest BCUT2D eigenvalue weighted by Gasteiger charge is -2.22. The largest absolute Gasteiger partial charge is 0.456 e. The fourth-order valence-corrected chi connectivity index (χ4v) is 3.49. The minimum Gasteiger partial charge on any atom is -0.456 e. The average molecular weight is 329 g/mol. The summed E-state index contributed by atoms with van der Waals surface area (Å²) in [5, 5.41) is 2.54. The number of ketones is 1. The number of esters is 1. The van der Waals surface area contributed by atoms with Crippen LogP contribution in [-0.2, 0) is 14.3 Å². The van der Waals surface area contributed by atoms with Crippen LogP contribution in [0.25, 0.3) is 0 Å². The molecule has 1 atom stereocenters. The van der Waals surface area contributed by atoms with Gasteiger partial charge in [-0.2, -0.15) is 0 Å². The summed E-state index contributed by atoms with van der Waals surface area (Å²) in [6, 6.07) is 7.05. The molecular weight excluding hydrogens is 306 g/mol. The standard InChI is InChI=1S/C19H23NO4/c21-17(12-24-19(23)16-10-11-18(22)20-16)15-8-6-14(7-9-15)13-4-2-1-3-5-13/h6-9,13,16H,1-5,10-12H2,(H,20,22)/t16-/m1/s1. The number of Topliss-reactive ketones (excluding diaryl/α,β-unsaturated/α-hetero) is 1. The van der Waals surface area contributed by atoms with Crippen molar-refractivity contribution in [3.63, 3.8) is 0 Å². The smallest absolute Gasteiger partial charge is 0.329 e. The van der Waals surface area contributed by atoms with Gasteiger partial charge in [0.25, 0.3) is 0 Å². The van der Waals surface area contributed by atoms with Gasteiger partial charge in [-0.1, -0.05) is 43.5 Å². The van der Waals surface area contributed by atoms with Gasteiger partial charge in [-0.25, -0.2) is 4.79 Å². The monoisotopic (exact) mass is 329 g/mol. The molecule has 1 aliphatic heterocycles. The molecule has 1 aromatic rings. The van der Waals surface area contributed by atoms with Crippen LogP contribution in [-0.4, -0.2) is 30.3 Å². The summed E-state index contributed by atoms with van der Waals surface area (Å²) in [5.41, 5.74) is 1.84. The third kappa shape index (κ3) is 4.02. The van der Waals surface area contributed by atoms with E-state index >= 15 is 0 Å². The Morgan fingerprint density at radius 2 is 1.75 bits per heavy atom. The lowest BCUT2D eigenvalue weighted by Crippen LogP contribution is -2.35. The van der Waals surface area contributed by atoms with Gasteiger partial charge in [-0.05, 0) is 30.7 Å². The number of amides is 1. The normalized spacial score (nSPS) is 21.3. The molecule has 1 saturated carbocycles. The molecule has 5 heteroatoms. The molecule has 0 unspecified atom stereocenters. The maximum absolute atomic E-state index is 12.2. The minimum absolute atomic E-state index is 0.151. The van der Waals surface area contributed by atoms with Crippen molar-refractivity contribution < 1.29 is 19.1 Å². The van der Waals surface area contributed by atoms with Gasteiger partial charge >= 0.3 is 5.97 Å². The molecular formula is C19H23NO4. The van der Waals surface area contributed by atoms with Crippen molar-refractivity contribution in [2.24, 2.45) is 0 Å². The quantitative estimate of drug-likeness (QED) is 0.666. The lowest BCUT2D eigenvalue weighted by molar-refractivity contribution is -0.145. The number of benzene rings is 1. The van der Waals surface area contributed by atoms with Crippen LogP contribution in [0.4, 0.5) is 0 Å². The van der Waals surface area contributed by atoms with Crippen molar-refractivity contribution in [2.75, 3.05) is 6.61 Å². The Balaban J connectivity index is 1.51. The first-order valence-electron chi connectivity index (χ1n) is 8.72. The van der Waals surface area contributed by atoms with Gasteiger partial charge in [0.2, 0.25) is 5.91 Å². The molecule has 3 rings (SSSR count). The van der Waals surface area contributed by atoms with E-state index in [1.165, 1.54) is 37.7 Å². The van der Waals surface area contributed by atoms with Crippen molar-refractivity contribution in [3.8, 4) is 0 Å². The van der Waals surface area contributed by atoms with Gasteiger partial charge in [0.05, 0.1) is 0 Å². The number of hydrogen-bond acceptors (Lipinski definition) is 4. The van der Waals surface area contributed by atoms with E-state index < -0.39 is 12.0 Å². The highest BCUT2D eigenvalue weighted by Gasteiger charge is 2.28. The van der Waals surface area contributed by atoms with E-state index in [4.69, 9.17) is 4.74 Å². The SMILES string of the molecule is O=C1CC[C@H](C(=O)OCC(=O)c2ccc(C3CCCCC3)cc2)N1. The highest BCUT2D eigenvalue weighted by Crippen LogP contribution is 2.32. The number of nitrogens with one attached hydrogen (secondary N) is 1. The van der Waals surface area contributed by atoms with Gasteiger partial charge in [-0.3, -0.25) is 9.59 Å². The number of rotatable bonds is 5. The van der Waals surface area contributed by atoms with Crippen molar-refractivity contribution in [1.29, 1.82) is 0 Å². The Bertz CT molecular complexity index is 617. The van der Waals surface area contributed by atoms with E-state index in [1.807, 2.05) is 24.3 Å². The molecule has 128 valence electrons. The van der Waals surface area contributed by atoms with Crippen LogP contribution in [0.5, 0.6) is 0 Å². The lowest BCUT2D eigenvalue weighted by atomic mass is 9.84. The van der Waals surface area contributed by atoms with Crippen molar-refractivity contribution >= 4 is 17.7 Å². The Hall–Kier alpha value is -2.17. The van der Waals surface area contributed by atoms with Crippen LogP contribution in [0.2, 0.25) is 0 Å². The van der Waals surface area contributed by atoms with Gasteiger partial charge in [0, 0.05) is 12.0 Å². The molecule has 1 N–H and O–H groups in total. The summed E-state index contributed by atoms with van der Waals surface area (Å²) in [5.74, 6) is -0.302. The van der Waals surface area contributed by atoms with E-state index in [0.717, 1.165) is 0 Å². The molecule has 24 heavy (non-hydrogen) atoms. The van der Waals surface area contributed by atoms with Gasteiger partial charge in [0.15, 0.2) is 12.4 Å². The fourth-order valence-electron chi connectivity index (χ4n) is 3.49. The number of hydrogen-bond donors (Lipinski definition) is 1. The Morgan fingerprint density at radius 3 is 2.38 bits per heavy atom. The van der Waals surface area contributed by atoms with Crippen LogP contribution in [0.1, 0.15) is 66.8 Å². The first kappa shape index (κ1) is 16.7. The predicted molar refractivity (Wildman–Crippen MR) is 88.7 cm³/mol. The zero-order chi connectivity index (χ0) is 16.9. The number of carbonyl (C=O) groups is 3. The zero-order valence-electron chi connectivity index (χ0n) is 13.8. The van der Waals surface area contributed by atoms with E-state index in [1.54, 1.807) is 0 Å². The van der Waals surface area contributed by atoms with E-state index in [2.05, 4.69) is 5.32 Å². The average Bonchev–Trinajstić information content (AvgIpc) is 3.07. The maximum Gasteiger partial charge on any atom is 0.329 e. The zero-order valence-corrected chi connectivity index (χ0v) is 13.8. The summed E-state index contributed by atoms with van der Waals surface area (Å²) in [7, 11) is 0. The van der Waals surface area contributed by atoms with Crippen molar-refractivity contribution in [1.82, 2.24) is 5.32 Å². The molecule has 1 aromatic carbocycles. The number of carbonyl (C=O) groups excluding carboxylic acids is 3. The Kier molecular flexibility index (Phi) is 5.28. The molecule has 5 nitrogen and oxygen atoms in total. The molecule has 0 spiro atoms. The van der Waals surface area contributed by atoms with E-state index in [0.29, 0.717) is 24.3 Å². The van der Waals surface area contributed by atoms with Gasteiger partial charge < -0.3 is 10.1 Å². The highest BCUT2D eigenvalue weighted by atomic mass is 16.5. The highest BCUT2D eigenvalue weighted by molar-refractivity contribution is 5.98. The third-order valence-corrected chi connectivity index (χ3v) is 4.93. The fraction of sp³-hybridized carbons (Fsp3) is 0.526. The van der Waals surface area contributed by atoms with Crippen LogP contribution < -0.4 is 5.32 Å². The Morgan fingerprint density at radius 1 is 1.04 bits per heavy atom. The number of ether oxygens (including phenoxy) is 1. The van der Waals surface area contributed by atoms with Crippen LogP contribution in [0, 0.1) is 0 Å². The van der Waals surface area contributed by atoms with E-state index in [9.17, 15) is 14.4 Å². The summed E-state index contributed by atoms with van der Waals surface area (Å²) in [6.45, 7) is -0.284. The second kappa shape index (κ2) is 7.60. The molecule has 2 fully saturated rings. The summed E-state index contributed by atoms with van der Waals surface area (Å²) in [6.07, 6.45) is 7.08. The molecule has 0 radical (unpaired) electrons. The molecule has 0 bridgehead atoms. The second-order valence-electron chi connectivity index (χ2n) is 6.65. The summed E-state index contributed by atoms with van der Waals surface area (Å²) < 4.78 is 5.03. The molecule has 1 saturated heterocycles.